The summed E-state index contributed by atoms with van der Waals surface area (Å²) >= 11 is 0. The van der Waals surface area contributed by atoms with E-state index in [2.05, 4.69) is 19.9 Å². The van der Waals surface area contributed by atoms with Gasteiger partial charge in [-0.1, -0.05) is 24.3 Å². The molecule has 1 aromatic rings. The Bertz CT molecular complexity index is 724. The number of rotatable bonds is 11. The van der Waals surface area contributed by atoms with Gasteiger partial charge in [0.05, 0.1) is 18.9 Å². The molecule has 0 radical (unpaired) electrons. The molecule has 0 atom stereocenters. The minimum absolute atomic E-state index is 0. The van der Waals surface area contributed by atoms with Gasteiger partial charge < -0.3 is 15.0 Å². The molecule has 1 aliphatic rings. The van der Waals surface area contributed by atoms with Crippen molar-refractivity contribution in [3.05, 3.63) is 35.4 Å². The smallest absolute Gasteiger partial charge is 0.215 e. The number of halogens is 1. The second-order valence-corrected chi connectivity index (χ2v) is 8.82. The highest BCUT2D eigenvalue weighted by Crippen LogP contribution is 2.28. The van der Waals surface area contributed by atoms with Gasteiger partial charge in [-0.2, -0.15) is 0 Å². The molecule has 0 spiro atoms. The molecule has 0 aromatic heterocycles. The lowest BCUT2D eigenvalue weighted by Crippen LogP contribution is -2.40. The zero-order valence-electron chi connectivity index (χ0n) is 17.0. The number of likely N-dealkylation sites (N-methyl/N-ethyl adjacent to an activating group) is 1. The van der Waals surface area contributed by atoms with Crippen molar-refractivity contribution in [2.24, 2.45) is 10.9 Å². The maximum Gasteiger partial charge on any atom is 0.215 e. The van der Waals surface area contributed by atoms with Gasteiger partial charge in [0.15, 0.2) is 5.96 Å². The predicted octanol–water partition coefficient (Wildman–Crippen LogP) is 2.18. The van der Waals surface area contributed by atoms with Crippen LogP contribution in [0.4, 0.5) is 0 Å². The fourth-order valence-corrected chi connectivity index (χ4v) is 3.35. The van der Waals surface area contributed by atoms with Crippen LogP contribution in [0.2, 0.25) is 0 Å². The predicted molar refractivity (Wildman–Crippen MR) is 125 cm³/mol. The molecule has 160 valence electrons. The quantitative estimate of drug-likeness (QED) is 0.201. The molecule has 2 rings (SSSR count). The van der Waals surface area contributed by atoms with Crippen LogP contribution in [-0.2, 0) is 27.1 Å². The molecule has 0 saturated heterocycles. The van der Waals surface area contributed by atoms with Crippen LogP contribution in [0.3, 0.4) is 0 Å². The summed E-state index contributed by atoms with van der Waals surface area (Å²) in [6.07, 6.45) is 2.60. The van der Waals surface area contributed by atoms with E-state index >= 15 is 0 Å². The Labute approximate surface area is 186 Å². The first-order chi connectivity index (χ1) is 12.9. The number of sulfonamides is 1. The van der Waals surface area contributed by atoms with E-state index in [0.717, 1.165) is 42.7 Å². The van der Waals surface area contributed by atoms with Crippen molar-refractivity contribution < 1.29 is 13.2 Å². The SMILES string of the molecule is CCNC(=NCc1cccc(CS(=O)(=O)NC)c1)N(C)CCOCC1CC1.I. The molecular formula is C19H33IN4O3S. The number of nitrogens with zero attached hydrogens (tertiary/aromatic N) is 2. The summed E-state index contributed by atoms with van der Waals surface area (Å²) in [6.45, 7) is 5.64. The number of benzene rings is 1. The van der Waals surface area contributed by atoms with Crippen LogP contribution in [0.15, 0.2) is 29.3 Å². The monoisotopic (exact) mass is 524 g/mol. The minimum Gasteiger partial charge on any atom is -0.379 e. The zero-order chi connectivity index (χ0) is 19.7. The van der Waals surface area contributed by atoms with Crippen molar-refractivity contribution in [2.75, 3.05) is 40.4 Å². The second kappa shape index (κ2) is 12.6. The molecule has 1 aromatic carbocycles. The Morgan fingerprint density at radius 1 is 1.32 bits per heavy atom. The van der Waals surface area contributed by atoms with Gasteiger partial charge in [-0.15, -0.1) is 24.0 Å². The van der Waals surface area contributed by atoms with Crippen molar-refractivity contribution in [3.63, 3.8) is 0 Å². The first kappa shape index (κ1) is 25.1. The van der Waals surface area contributed by atoms with Gasteiger partial charge in [-0.3, -0.25) is 0 Å². The fourth-order valence-electron chi connectivity index (χ4n) is 2.59. The Morgan fingerprint density at radius 3 is 2.68 bits per heavy atom. The lowest BCUT2D eigenvalue weighted by atomic mass is 10.1. The average Bonchev–Trinajstić information content (AvgIpc) is 3.46. The molecule has 0 heterocycles. The molecule has 28 heavy (non-hydrogen) atoms. The maximum atomic E-state index is 11.7. The van der Waals surface area contributed by atoms with Crippen molar-refractivity contribution in [2.45, 2.75) is 32.1 Å². The maximum absolute atomic E-state index is 11.7. The third kappa shape index (κ3) is 9.53. The number of hydrogen-bond donors (Lipinski definition) is 2. The lowest BCUT2D eigenvalue weighted by molar-refractivity contribution is 0.115. The summed E-state index contributed by atoms with van der Waals surface area (Å²) in [7, 11) is 0.147. The third-order valence-corrected chi connectivity index (χ3v) is 5.72. The van der Waals surface area contributed by atoms with Gasteiger partial charge in [-0.25, -0.2) is 18.1 Å². The number of ether oxygens (including phenoxy) is 1. The van der Waals surface area contributed by atoms with Crippen molar-refractivity contribution in [3.8, 4) is 0 Å². The van der Waals surface area contributed by atoms with Gasteiger partial charge in [0.2, 0.25) is 10.0 Å². The van der Waals surface area contributed by atoms with Crippen LogP contribution in [-0.4, -0.2) is 59.7 Å². The molecule has 1 fully saturated rings. The number of hydrogen-bond acceptors (Lipinski definition) is 4. The van der Waals surface area contributed by atoms with Crippen LogP contribution in [0.1, 0.15) is 30.9 Å². The highest BCUT2D eigenvalue weighted by atomic mass is 127. The van der Waals surface area contributed by atoms with Crippen LogP contribution >= 0.6 is 24.0 Å². The Morgan fingerprint density at radius 2 is 2.04 bits per heavy atom. The molecule has 0 bridgehead atoms. The largest absolute Gasteiger partial charge is 0.379 e. The van der Waals surface area contributed by atoms with Gasteiger partial charge in [-0.05, 0) is 43.9 Å². The van der Waals surface area contributed by atoms with Crippen molar-refractivity contribution in [1.82, 2.24) is 14.9 Å². The van der Waals surface area contributed by atoms with Crippen LogP contribution in [0, 0.1) is 5.92 Å². The van der Waals surface area contributed by atoms with Crippen LogP contribution < -0.4 is 10.0 Å². The van der Waals surface area contributed by atoms with E-state index in [0.29, 0.717) is 13.2 Å². The summed E-state index contributed by atoms with van der Waals surface area (Å²) in [5.41, 5.74) is 1.73. The minimum atomic E-state index is -3.28. The van der Waals surface area contributed by atoms with E-state index in [-0.39, 0.29) is 29.7 Å². The van der Waals surface area contributed by atoms with Crippen molar-refractivity contribution in [1.29, 1.82) is 0 Å². The topological polar surface area (TPSA) is 83.0 Å². The lowest BCUT2D eigenvalue weighted by Gasteiger charge is -2.22. The van der Waals surface area contributed by atoms with E-state index in [1.807, 2.05) is 38.2 Å². The molecule has 7 nitrogen and oxygen atoms in total. The van der Waals surface area contributed by atoms with E-state index in [9.17, 15) is 8.42 Å². The molecular weight excluding hydrogens is 491 g/mol. The van der Waals surface area contributed by atoms with E-state index < -0.39 is 10.0 Å². The van der Waals surface area contributed by atoms with Gasteiger partial charge in [0.1, 0.15) is 0 Å². The van der Waals surface area contributed by atoms with E-state index in [1.54, 1.807) is 0 Å². The first-order valence-corrected chi connectivity index (χ1v) is 11.1. The summed E-state index contributed by atoms with van der Waals surface area (Å²) in [5, 5.41) is 3.29. The molecule has 0 aliphatic heterocycles. The van der Waals surface area contributed by atoms with Gasteiger partial charge in [0, 0.05) is 26.7 Å². The average molecular weight is 524 g/mol. The van der Waals surface area contributed by atoms with Crippen molar-refractivity contribution >= 4 is 40.0 Å². The van der Waals surface area contributed by atoms with Gasteiger partial charge >= 0.3 is 0 Å². The Hall–Kier alpha value is -0.910. The molecule has 0 unspecified atom stereocenters. The highest BCUT2D eigenvalue weighted by molar-refractivity contribution is 14.0. The zero-order valence-corrected chi connectivity index (χ0v) is 20.1. The summed E-state index contributed by atoms with van der Waals surface area (Å²) in [6, 6.07) is 7.53. The second-order valence-electron chi connectivity index (χ2n) is 6.89. The first-order valence-electron chi connectivity index (χ1n) is 9.49. The third-order valence-electron chi connectivity index (χ3n) is 4.39. The van der Waals surface area contributed by atoms with Gasteiger partial charge in [0.25, 0.3) is 0 Å². The molecule has 0 amide bonds. The highest BCUT2D eigenvalue weighted by Gasteiger charge is 2.21. The molecule has 2 N–H and O–H groups in total. The molecule has 1 saturated carbocycles. The van der Waals surface area contributed by atoms with Crippen LogP contribution in [0.25, 0.3) is 0 Å². The van der Waals surface area contributed by atoms with Crippen LogP contribution in [0.5, 0.6) is 0 Å². The number of guanidine groups is 1. The normalized spacial score (nSPS) is 14.5. The fraction of sp³-hybridized carbons (Fsp3) is 0.632. The molecule has 9 heteroatoms. The Kier molecular flexibility index (Phi) is 11.3. The number of aliphatic imine (C=N–C) groups is 1. The summed E-state index contributed by atoms with van der Waals surface area (Å²) < 4.78 is 31.5. The van der Waals surface area contributed by atoms with E-state index in [1.165, 1.54) is 19.9 Å². The number of nitrogens with one attached hydrogen (secondary N) is 2. The summed E-state index contributed by atoms with van der Waals surface area (Å²) in [5.74, 6) is 1.57. The Balaban J connectivity index is 0.00000392. The summed E-state index contributed by atoms with van der Waals surface area (Å²) in [4.78, 5) is 6.74. The standard InChI is InChI=1S/C19H32N4O3S.HI/c1-4-21-19(23(3)10-11-26-14-16-8-9-16)22-13-17-6-5-7-18(12-17)15-27(24,25)20-2;/h5-7,12,16,20H,4,8-11,13-15H2,1-3H3,(H,21,22);1H. The van der Waals surface area contributed by atoms with E-state index in [4.69, 9.17) is 4.74 Å². The molecule has 1 aliphatic carbocycles.